The standard InChI is InChI=1S/C8H11NO2.C6H10.C4H9N3/c1-6(2)5-9-7(10)3-4-8(9)11;1-4-5-6(2)3;1-4(2)3-6-7-5/h3-4,6H,5H2,1-2H3;1,6H,5H2,2-3H3;4H,3H2,1-2H3. The molecule has 0 saturated heterocycles. The smallest absolute Gasteiger partial charge is 0.253 e. The molecule has 1 aliphatic rings. The first-order valence-electron chi connectivity index (χ1n) is 8.13. The fourth-order valence-corrected chi connectivity index (χ4v) is 1.41. The second kappa shape index (κ2) is 14.3. The highest BCUT2D eigenvalue weighted by molar-refractivity contribution is 6.12. The third kappa shape index (κ3) is 14.7. The van der Waals surface area contributed by atoms with Crippen molar-refractivity contribution in [1.82, 2.24) is 4.90 Å². The number of rotatable bonds is 5. The van der Waals surface area contributed by atoms with E-state index in [-0.39, 0.29) is 11.8 Å². The van der Waals surface area contributed by atoms with Gasteiger partial charge in [-0.1, -0.05) is 46.7 Å². The van der Waals surface area contributed by atoms with E-state index in [0.717, 1.165) is 6.42 Å². The normalized spacial score (nSPS) is 12.4. The first-order chi connectivity index (χ1) is 11.1. The lowest BCUT2D eigenvalue weighted by atomic mass is 10.1. The lowest BCUT2D eigenvalue weighted by molar-refractivity contribution is -0.137. The molecule has 0 radical (unpaired) electrons. The molecule has 0 aromatic rings. The number of terminal acetylenes is 1. The van der Waals surface area contributed by atoms with Gasteiger partial charge < -0.3 is 0 Å². The maximum Gasteiger partial charge on any atom is 0.253 e. The Labute approximate surface area is 145 Å². The predicted molar refractivity (Wildman–Crippen MR) is 97.8 cm³/mol. The van der Waals surface area contributed by atoms with Gasteiger partial charge in [0, 0.05) is 36.6 Å². The fraction of sp³-hybridized carbons (Fsp3) is 0.667. The third-order valence-electron chi connectivity index (χ3n) is 2.48. The number of azide groups is 1. The van der Waals surface area contributed by atoms with Crippen molar-refractivity contribution in [3.63, 3.8) is 0 Å². The summed E-state index contributed by atoms with van der Waals surface area (Å²) in [7, 11) is 0. The average molecular weight is 334 g/mol. The van der Waals surface area contributed by atoms with E-state index in [4.69, 9.17) is 12.0 Å². The summed E-state index contributed by atoms with van der Waals surface area (Å²) in [6, 6.07) is 0. The van der Waals surface area contributed by atoms with E-state index in [0.29, 0.717) is 30.8 Å². The number of nitrogens with zero attached hydrogens (tertiary/aromatic N) is 4. The molecule has 0 fully saturated rings. The van der Waals surface area contributed by atoms with E-state index >= 15 is 0 Å². The SMILES string of the molecule is C#CCC(C)C.CC(C)CN1C(=O)C=CC1=O.CC(C)CN=[N+]=[N-]. The molecule has 0 unspecified atom stereocenters. The molecule has 0 spiro atoms. The molecule has 6 nitrogen and oxygen atoms in total. The minimum atomic E-state index is -0.191. The molecule has 0 aromatic heterocycles. The number of imide groups is 1. The molecule has 1 rings (SSSR count). The van der Waals surface area contributed by atoms with Gasteiger partial charge in [-0.25, -0.2) is 0 Å². The number of hydrogen-bond donors (Lipinski definition) is 0. The number of amides is 2. The van der Waals surface area contributed by atoms with E-state index in [1.54, 1.807) is 0 Å². The molecule has 0 N–H and O–H groups in total. The zero-order valence-corrected chi connectivity index (χ0v) is 15.7. The topological polar surface area (TPSA) is 86.1 Å². The summed E-state index contributed by atoms with van der Waals surface area (Å²) in [5.74, 6) is 3.67. The van der Waals surface area contributed by atoms with Crippen molar-refractivity contribution in [3.8, 4) is 12.3 Å². The molecule has 0 saturated carbocycles. The van der Waals surface area contributed by atoms with Gasteiger partial charge in [0.2, 0.25) is 0 Å². The number of carbonyl (C=O) groups is 2. The molecule has 1 heterocycles. The first kappa shape index (κ1) is 24.0. The van der Waals surface area contributed by atoms with Crippen molar-refractivity contribution in [3.05, 3.63) is 22.6 Å². The minimum absolute atomic E-state index is 0.191. The quantitative estimate of drug-likeness (QED) is 0.248. The molecule has 134 valence electrons. The van der Waals surface area contributed by atoms with Crippen molar-refractivity contribution in [2.24, 2.45) is 22.9 Å². The van der Waals surface area contributed by atoms with Crippen molar-refractivity contribution in [2.75, 3.05) is 13.1 Å². The summed E-state index contributed by atoms with van der Waals surface area (Å²) in [4.78, 5) is 25.7. The fourth-order valence-electron chi connectivity index (χ4n) is 1.41. The van der Waals surface area contributed by atoms with Crippen LogP contribution in [0.2, 0.25) is 0 Å². The van der Waals surface area contributed by atoms with Crippen LogP contribution in [0.25, 0.3) is 10.4 Å². The van der Waals surface area contributed by atoms with Crippen LogP contribution in [0.1, 0.15) is 48.0 Å². The summed E-state index contributed by atoms with van der Waals surface area (Å²) in [5, 5.41) is 3.35. The Kier molecular flexibility index (Phi) is 14.4. The number of carbonyl (C=O) groups excluding carboxylic acids is 2. The molecular weight excluding hydrogens is 304 g/mol. The van der Waals surface area contributed by atoms with Crippen molar-refractivity contribution >= 4 is 11.8 Å². The summed E-state index contributed by atoms with van der Waals surface area (Å²) in [6.45, 7) is 13.3. The van der Waals surface area contributed by atoms with Crippen molar-refractivity contribution < 1.29 is 9.59 Å². The molecule has 0 aliphatic carbocycles. The molecule has 2 amide bonds. The van der Waals surface area contributed by atoms with E-state index in [2.05, 4.69) is 29.8 Å². The van der Waals surface area contributed by atoms with Gasteiger partial charge in [0.05, 0.1) is 0 Å². The van der Waals surface area contributed by atoms with Crippen LogP contribution >= 0.6 is 0 Å². The second-order valence-corrected chi connectivity index (χ2v) is 6.62. The van der Waals surface area contributed by atoms with Gasteiger partial charge in [0.15, 0.2) is 0 Å². The van der Waals surface area contributed by atoms with Gasteiger partial charge in [-0.3, -0.25) is 14.5 Å². The predicted octanol–water partition coefficient (Wildman–Crippen LogP) is 4.19. The van der Waals surface area contributed by atoms with Crippen LogP contribution in [0.15, 0.2) is 17.3 Å². The van der Waals surface area contributed by atoms with Crippen LogP contribution in [0.5, 0.6) is 0 Å². The molecule has 0 atom stereocenters. The molecule has 24 heavy (non-hydrogen) atoms. The highest BCUT2D eigenvalue weighted by Gasteiger charge is 2.23. The lowest BCUT2D eigenvalue weighted by Crippen LogP contribution is -2.33. The minimum Gasteiger partial charge on any atom is -0.275 e. The van der Waals surface area contributed by atoms with Crippen LogP contribution in [-0.4, -0.2) is 29.8 Å². The van der Waals surface area contributed by atoms with E-state index in [1.807, 2.05) is 27.7 Å². The highest BCUT2D eigenvalue weighted by Crippen LogP contribution is 2.06. The summed E-state index contributed by atoms with van der Waals surface area (Å²) in [5.41, 5.74) is 7.77. The Morgan fingerprint density at radius 3 is 1.79 bits per heavy atom. The summed E-state index contributed by atoms with van der Waals surface area (Å²) < 4.78 is 0. The van der Waals surface area contributed by atoms with E-state index in [1.165, 1.54) is 17.1 Å². The van der Waals surface area contributed by atoms with Gasteiger partial charge in [-0.05, 0) is 23.3 Å². The Balaban J connectivity index is 0. The van der Waals surface area contributed by atoms with Gasteiger partial charge in [-0.2, -0.15) is 0 Å². The number of hydrogen-bond acceptors (Lipinski definition) is 3. The van der Waals surface area contributed by atoms with Crippen LogP contribution in [0.3, 0.4) is 0 Å². The molecule has 0 bridgehead atoms. The zero-order chi connectivity index (χ0) is 19.1. The maximum atomic E-state index is 10.9. The largest absolute Gasteiger partial charge is 0.275 e. The molecule has 6 heteroatoms. The van der Waals surface area contributed by atoms with E-state index < -0.39 is 0 Å². The van der Waals surface area contributed by atoms with Gasteiger partial charge in [0.25, 0.3) is 11.8 Å². The highest BCUT2D eigenvalue weighted by atomic mass is 16.2. The molecular formula is C18H30N4O2. The Hall–Kier alpha value is -2.25. The lowest BCUT2D eigenvalue weighted by Gasteiger charge is -2.15. The van der Waals surface area contributed by atoms with Gasteiger partial charge in [0.1, 0.15) is 0 Å². The first-order valence-corrected chi connectivity index (χ1v) is 8.13. The summed E-state index contributed by atoms with van der Waals surface area (Å²) >= 11 is 0. The second-order valence-electron chi connectivity index (χ2n) is 6.62. The van der Waals surface area contributed by atoms with Crippen LogP contribution < -0.4 is 0 Å². The summed E-state index contributed by atoms with van der Waals surface area (Å²) in [6.07, 6.45) is 8.50. The zero-order valence-electron chi connectivity index (χ0n) is 15.7. The Bertz CT molecular complexity index is 478. The van der Waals surface area contributed by atoms with Crippen LogP contribution in [0.4, 0.5) is 0 Å². The molecule has 0 aromatic carbocycles. The third-order valence-corrected chi connectivity index (χ3v) is 2.48. The van der Waals surface area contributed by atoms with Crippen molar-refractivity contribution in [2.45, 2.75) is 48.0 Å². The molecule has 1 aliphatic heterocycles. The average Bonchev–Trinajstić information content (AvgIpc) is 2.77. The van der Waals surface area contributed by atoms with Gasteiger partial charge in [-0.15, -0.1) is 12.3 Å². The maximum absolute atomic E-state index is 10.9. The van der Waals surface area contributed by atoms with Crippen molar-refractivity contribution in [1.29, 1.82) is 0 Å². The monoisotopic (exact) mass is 334 g/mol. The Morgan fingerprint density at radius 2 is 1.58 bits per heavy atom. The van der Waals surface area contributed by atoms with Crippen LogP contribution in [0, 0.1) is 30.1 Å². The van der Waals surface area contributed by atoms with E-state index in [9.17, 15) is 9.59 Å². The Morgan fingerprint density at radius 1 is 1.08 bits per heavy atom. The van der Waals surface area contributed by atoms with Gasteiger partial charge >= 0.3 is 0 Å². The van der Waals surface area contributed by atoms with Crippen LogP contribution in [-0.2, 0) is 9.59 Å².